The fraction of sp³-hybridized carbons (Fsp3) is 0.167. The molecule has 2 aromatic carbocycles. The van der Waals surface area contributed by atoms with Crippen LogP contribution in [0.15, 0.2) is 36.4 Å². The van der Waals surface area contributed by atoms with Gasteiger partial charge in [0, 0.05) is 21.8 Å². The Labute approximate surface area is 156 Å². The smallest absolute Gasteiger partial charge is 0.248 e. The van der Waals surface area contributed by atoms with E-state index in [-0.39, 0.29) is 5.91 Å². The van der Waals surface area contributed by atoms with Crippen molar-refractivity contribution in [2.45, 2.75) is 0 Å². The summed E-state index contributed by atoms with van der Waals surface area (Å²) in [7, 11) is 4.58. The molecular weight excluding hydrogens is 365 g/mol. The summed E-state index contributed by atoms with van der Waals surface area (Å²) in [5.74, 6) is 1.17. The van der Waals surface area contributed by atoms with E-state index in [1.807, 2.05) is 0 Å². The Bertz CT molecular complexity index is 760. The van der Waals surface area contributed by atoms with Gasteiger partial charge in [0.1, 0.15) is 0 Å². The quantitative estimate of drug-likeness (QED) is 0.738. The minimum atomic E-state index is -0.327. The van der Waals surface area contributed by atoms with Crippen LogP contribution in [0.5, 0.6) is 17.2 Å². The average Bonchev–Trinajstić information content (AvgIpc) is 2.57. The third-order valence-corrected chi connectivity index (χ3v) is 3.68. The molecule has 7 heteroatoms. The van der Waals surface area contributed by atoms with Crippen LogP contribution in [0.2, 0.25) is 10.0 Å². The van der Waals surface area contributed by atoms with Gasteiger partial charge in [-0.05, 0) is 42.0 Å². The van der Waals surface area contributed by atoms with Crippen LogP contribution >= 0.6 is 23.2 Å². The number of hydrogen-bond acceptors (Lipinski definition) is 4. The Morgan fingerprint density at radius 2 is 1.48 bits per heavy atom. The molecule has 1 N–H and O–H groups in total. The van der Waals surface area contributed by atoms with E-state index in [1.54, 1.807) is 36.4 Å². The molecule has 0 radical (unpaired) electrons. The van der Waals surface area contributed by atoms with Crippen LogP contribution in [0.3, 0.4) is 0 Å². The lowest BCUT2D eigenvalue weighted by Gasteiger charge is -2.12. The first-order valence-electron chi connectivity index (χ1n) is 7.22. The lowest BCUT2D eigenvalue weighted by molar-refractivity contribution is -0.111. The van der Waals surface area contributed by atoms with E-state index in [1.165, 1.54) is 27.4 Å². The largest absolute Gasteiger partial charge is 0.493 e. The van der Waals surface area contributed by atoms with Gasteiger partial charge in [0.2, 0.25) is 11.7 Å². The van der Waals surface area contributed by atoms with E-state index in [9.17, 15) is 4.79 Å². The number of methoxy groups -OCH3 is 3. The zero-order valence-corrected chi connectivity index (χ0v) is 15.4. The van der Waals surface area contributed by atoms with Gasteiger partial charge in [-0.15, -0.1) is 0 Å². The molecular formula is C18H17Cl2NO4. The molecule has 0 saturated carbocycles. The van der Waals surface area contributed by atoms with Gasteiger partial charge in [-0.2, -0.15) is 0 Å². The summed E-state index contributed by atoms with van der Waals surface area (Å²) in [5, 5.41) is 3.57. The molecule has 0 aliphatic rings. The van der Waals surface area contributed by atoms with Crippen molar-refractivity contribution in [2.75, 3.05) is 26.6 Å². The van der Waals surface area contributed by atoms with Crippen molar-refractivity contribution in [3.05, 3.63) is 52.0 Å². The van der Waals surface area contributed by atoms with E-state index < -0.39 is 0 Å². The van der Waals surface area contributed by atoms with E-state index in [0.717, 1.165) is 0 Å². The number of carbonyl (C=O) groups excluding carboxylic acids is 1. The zero-order valence-electron chi connectivity index (χ0n) is 13.9. The van der Waals surface area contributed by atoms with Gasteiger partial charge in [-0.1, -0.05) is 23.2 Å². The molecule has 0 spiro atoms. The van der Waals surface area contributed by atoms with Crippen LogP contribution in [0, 0.1) is 0 Å². The zero-order chi connectivity index (χ0) is 18.4. The normalized spacial score (nSPS) is 10.6. The molecule has 0 aliphatic carbocycles. The maximum Gasteiger partial charge on any atom is 0.248 e. The predicted molar refractivity (Wildman–Crippen MR) is 100 cm³/mol. The highest BCUT2D eigenvalue weighted by Crippen LogP contribution is 2.38. The minimum Gasteiger partial charge on any atom is -0.493 e. The molecule has 2 rings (SSSR count). The van der Waals surface area contributed by atoms with Crippen molar-refractivity contribution in [1.82, 2.24) is 0 Å². The Morgan fingerprint density at radius 1 is 0.920 bits per heavy atom. The first kappa shape index (κ1) is 19.0. The van der Waals surface area contributed by atoms with Crippen LogP contribution in [0.4, 0.5) is 5.69 Å². The number of rotatable bonds is 6. The van der Waals surface area contributed by atoms with E-state index in [2.05, 4.69) is 5.32 Å². The highest BCUT2D eigenvalue weighted by molar-refractivity contribution is 6.35. The van der Waals surface area contributed by atoms with Crippen LogP contribution in [-0.4, -0.2) is 27.2 Å². The number of carbonyl (C=O) groups is 1. The first-order valence-corrected chi connectivity index (χ1v) is 7.97. The Balaban J connectivity index is 2.19. The van der Waals surface area contributed by atoms with E-state index in [4.69, 9.17) is 37.4 Å². The molecule has 0 bridgehead atoms. The number of amides is 1. The van der Waals surface area contributed by atoms with Crippen molar-refractivity contribution < 1.29 is 19.0 Å². The van der Waals surface area contributed by atoms with E-state index in [0.29, 0.717) is 38.5 Å². The molecule has 25 heavy (non-hydrogen) atoms. The van der Waals surface area contributed by atoms with Gasteiger partial charge in [-0.3, -0.25) is 4.79 Å². The maximum atomic E-state index is 12.1. The van der Waals surface area contributed by atoms with Gasteiger partial charge in [0.15, 0.2) is 11.5 Å². The van der Waals surface area contributed by atoms with Crippen LogP contribution in [-0.2, 0) is 4.79 Å². The van der Waals surface area contributed by atoms with Gasteiger partial charge in [0.05, 0.1) is 21.3 Å². The van der Waals surface area contributed by atoms with Crippen molar-refractivity contribution in [2.24, 2.45) is 0 Å². The summed E-state index contributed by atoms with van der Waals surface area (Å²) in [6.45, 7) is 0. The lowest BCUT2D eigenvalue weighted by Crippen LogP contribution is -2.07. The number of anilines is 1. The van der Waals surface area contributed by atoms with E-state index >= 15 is 0 Å². The molecule has 2 aromatic rings. The molecule has 132 valence electrons. The molecule has 0 unspecified atom stereocenters. The maximum absolute atomic E-state index is 12.1. The number of hydrogen-bond donors (Lipinski definition) is 1. The standard InChI is InChI=1S/C18H17Cl2NO4/c1-23-15-6-11(7-16(24-2)18(15)25-3)4-5-17(22)21-14-9-12(19)8-13(20)10-14/h4-10H,1-3H3,(H,21,22)/b5-4+. The van der Waals surface area contributed by atoms with Gasteiger partial charge in [-0.25, -0.2) is 0 Å². The highest BCUT2D eigenvalue weighted by atomic mass is 35.5. The number of halogens is 2. The van der Waals surface area contributed by atoms with Gasteiger partial charge >= 0.3 is 0 Å². The summed E-state index contributed by atoms with van der Waals surface area (Å²) in [5.41, 5.74) is 1.23. The van der Waals surface area contributed by atoms with Gasteiger partial charge in [0.25, 0.3) is 0 Å². The summed E-state index contributed by atoms with van der Waals surface area (Å²) >= 11 is 11.8. The Hall–Kier alpha value is -2.37. The molecule has 0 aliphatic heterocycles. The molecule has 0 heterocycles. The Kier molecular flexibility index (Phi) is 6.56. The first-order chi connectivity index (χ1) is 12.0. The summed E-state index contributed by atoms with van der Waals surface area (Å²) in [6.07, 6.45) is 3.02. The molecule has 0 fully saturated rings. The predicted octanol–water partition coefficient (Wildman–Crippen LogP) is 4.67. The Morgan fingerprint density at radius 3 is 1.96 bits per heavy atom. The average molecular weight is 382 g/mol. The molecule has 0 saturated heterocycles. The molecule has 0 atom stereocenters. The highest BCUT2D eigenvalue weighted by Gasteiger charge is 2.12. The van der Waals surface area contributed by atoms with Gasteiger partial charge < -0.3 is 19.5 Å². The minimum absolute atomic E-state index is 0.327. The third kappa shape index (κ3) is 5.05. The fourth-order valence-corrected chi connectivity index (χ4v) is 2.71. The second kappa shape index (κ2) is 8.65. The van der Waals surface area contributed by atoms with Crippen molar-refractivity contribution >= 4 is 40.9 Å². The van der Waals surface area contributed by atoms with Crippen molar-refractivity contribution in [1.29, 1.82) is 0 Å². The van der Waals surface area contributed by atoms with Crippen LogP contribution in [0.1, 0.15) is 5.56 Å². The van der Waals surface area contributed by atoms with Crippen LogP contribution in [0.25, 0.3) is 6.08 Å². The summed E-state index contributed by atoms with van der Waals surface area (Å²) < 4.78 is 15.8. The molecule has 1 amide bonds. The van der Waals surface area contributed by atoms with Crippen molar-refractivity contribution in [3.8, 4) is 17.2 Å². The summed E-state index contributed by atoms with van der Waals surface area (Å²) in [4.78, 5) is 12.1. The topological polar surface area (TPSA) is 56.8 Å². The molecule has 5 nitrogen and oxygen atoms in total. The third-order valence-electron chi connectivity index (χ3n) is 3.24. The number of ether oxygens (including phenoxy) is 3. The lowest BCUT2D eigenvalue weighted by atomic mass is 10.1. The monoisotopic (exact) mass is 381 g/mol. The number of benzene rings is 2. The fourth-order valence-electron chi connectivity index (χ4n) is 2.18. The summed E-state index contributed by atoms with van der Waals surface area (Å²) in [6, 6.07) is 8.28. The SMILES string of the molecule is COc1cc(/C=C/C(=O)Nc2cc(Cl)cc(Cl)c2)cc(OC)c1OC. The van der Waals surface area contributed by atoms with Crippen molar-refractivity contribution in [3.63, 3.8) is 0 Å². The second-order valence-corrected chi connectivity index (χ2v) is 5.81. The second-order valence-electron chi connectivity index (χ2n) is 4.94. The number of nitrogens with one attached hydrogen (secondary N) is 1. The van der Waals surface area contributed by atoms with Crippen LogP contribution < -0.4 is 19.5 Å². The molecule has 0 aromatic heterocycles.